The molecule has 5 heteroatoms. The van der Waals surface area contributed by atoms with Gasteiger partial charge in [-0.2, -0.15) is 0 Å². The van der Waals surface area contributed by atoms with E-state index in [2.05, 4.69) is 34.5 Å². The second-order valence-electron chi connectivity index (χ2n) is 7.06. The first-order valence-corrected chi connectivity index (χ1v) is 10.3. The highest BCUT2D eigenvalue weighted by molar-refractivity contribution is 7.10. The van der Waals surface area contributed by atoms with Crippen molar-refractivity contribution >= 4 is 11.3 Å². The molecular weight excluding hydrogens is 346 g/mol. The van der Waals surface area contributed by atoms with Crippen molar-refractivity contribution in [2.45, 2.75) is 37.8 Å². The molecular formula is C21H27NO3S. The average molecular weight is 374 g/mol. The Balaban J connectivity index is 1.69. The van der Waals surface area contributed by atoms with Gasteiger partial charge in [0, 0.05) is 24.6 Å². The highest BCUT2D eigenvalue weighted by Crippen LogP contribution is 2.42. The minimum absolute atomic E-state index is 0.268. The summed E-state index contributed by atoms with van der Waals surface area (Å²) in [4.78, 5) is 3.98. The summed E-state index contributed by atoms with van der Waals surface area (Å²) in [5, 5.41) is 2.17. The molecule has 3 heterocycles. The summed E-state index contributed by atoms with van der Waals surface area (Å²) in [6.45, 7) is 2.95. The van der Waals surface area contributed by atoms with Gasteiger partial charge in [-0.25, -0.2) is 0 Å². The minimum Gasteiger partial charge on any atom is -0.493 e. The zero-order valence-corrected chi connectivity index (χ0v) is 16.4. The van der Waals surface area contributed by atoms with E-state index in [1.54, 1.807) is 14.2 Å². The van der Waals surface area contributed by atoms with E-state index in [-0.39, 0.29) is 6.04 Å². The number of thiophene rings is 1. The fourth-order valence-electron chi connectivity index (χ4n) is 4.19. The number of fused-ring (bicyclic) bond motifs is 1. The maximum absolute atomic E-state index is 6.03. The molecule has 0 radical (unpaired) electrons. The number of hydrogen-bond donors (Lipinski definition) is 0. The minimum atomic E-state index is 0.268. The summed E-state index contributed by atoms with van der Waals surface area (Å²) < 4.78 is 17.1. The van der Waals surface area contributed by atoms with Crippen LogP contribution in [0.3, 0.4) is 0 Å². The van der Waals surface area contributed by atoms with E-state index >= 15 is 0 Å². The lowest BCUT2D eigenvalue weighted by molar-refractivity contribution is -0.0120. The maximum Gasteiger partial charge on any atom is 0.161 e. The van der Waals surface area contributed by atoms with Gasteiger partial charge in [-0.1, -0.05) is 6.07 Å². The quantitative estimate of drug-likeness (QED) is 0.783. The normalized spacial score (nSPS) is 23.5. The van der Waals surface area contributed by atoms with E-state index < -0.39 is 0 Å². The summed E-state index contributed by atoms with van der Waals surface area (Å²) in [5.41, 5.74) is 2.70. The highest BCUT2D eigenvalue weighted by Gasteiger charge is 2.32. The molecule has 2 atom stereocenters. The predicted molar refractivity (Wildman–Crippen MR) is 105 cm³/mol. The summed E-state index contributed by atoms with van der Waals surface area (Å²) in [6, 6.07) is 8.99. The Labute approximate surface area is 159 Å². The Kier molecular flexibility index (Phi) is 5.48. The Morgan fingerprint density at radius 3 is 2.73 bits per heavy atom. The lowest BCUT2D eigenvalue weighted by atomic mass is 9.90. The topological polar surface area (TPSA) is 30.9 Å². The number of rotatable bonds is 5. The van der Waals surface area contributed by atoms with E-state index in [0.717, 1.165) is 37.6 Å². The molecule has 140 valence electrons. The van der Waals surface area contributed by atoms with E-state index in [1.807, 2.05) is 11.3 Å². The Morgan fingerprint density at radius 1 is 1.19 bits per heavy atom. The van der Waals surface area contributed by atoms with Crippen molar-refractivity contribution in [1.82, 2.24) is 4.90 Å². The highest BCUT2D eigenvalue weighted by atomic mass is 32.1. The average Bonchev–Trinajstić information content (AvgIpc) is 3.21. The molecule has 1 saturated heterocycles. The second kappa shape index (κ2) is 7.99. The van der Waals surface area contributed by atoms with Crippen LogP contribution in [0.2, 0.25) is 0 Å². The van der Waals surface area contributed by atoms with E-state index in [4.69, 9.17) is 14.2 Å². The zero-order chi connectivity index (χ0) is 17.9. The molecule has 2 aliphatic rings. The van der Waals surface area contributed by atoms with Crippen LogP contribution in [0, 0.1) is 0 Å². The molecule has 1 fully saturated rings. The third-order valence-electron chi connectivity index (χ3n) is 5.50. The van der Waals surface area contributed by atoms with Crippen molar-refractivity contribution in [2.24, 2.45) is 0 Å². The van der Waals surface area contributed by atoms with Gasteiger partial charge in [0.25, 0.3) is 0 Å². The molecule has 1 aromatic carbocycles. The predicted octanol–water partition coefficient (Wildman–Crippen LogP) is 4.28. The SMILES string of the molecule is COc1cc2c(cc1OC)[C@@H](c1cccs1)N(C[C@H]1CCCCO1)CC2. The van der Waals surface area contributed by atoms with Gasteiger partial charge in [0.1, 0.15) is 0 Å². The van der Waals surface area contributed by atoms with Crippen molar-refractivity contribution in [3.8, 4) is 11.5 Å². The van der Waals surface area contributed by atoms with Gasteiger partial charge in [0.2, 0.25) is 0 Å². The van der Waals surface area contributed by atoms with Crippen LogP contribution in [-0.4, -0.2) is 44.9 Å². The first kappa shape index (κ1) is 17.8. The van der Waals surface area contributed by atoms with Crippen LogP contribution in [-0.2, 0) is 11.2 Å². The molecule has 0 amide bonds. The largest absolute Gasteiger partial charge is 0.493 e. The molecule has 1 aromatic heterocycles. The summed E-state index contributed by atoms with van der Waals surface area (Å²) in [7, 11) is 3.41. The van der Waals surface area contributed by atoms with Gasteiger partial charge in [-0.15, -0.1) is 11.3 Å². The number of benzene rings is 1. The van der Waals surface area contributed by atoms with Gasteiger partial charge < -0.3 is 14.2 Å². The number of hydrogen-bond acceptors (Lipinski definition) is 5. The fraction of sp³-hybridized carbons (Fsp3) is 0.524. The van der Waals surface area contributed by atoms with Gasteiger partial charge >= 0.3 is 0 Å². The van der Waals surface area contributed by atoms with Gasteiger partial charge in [-0.05, 0) is 60.4 Å². The molecule has 26 heavy (non-hydrogen) atoms. The van der Waals surface area contributed by atoms with Gasteiger partial charge in [0.15, 0.2) is 11.5 Å². The molecule has 0 N–H and O–H groups in total. The Morgan fingerprint density at radius 2 is 2.04 bits per heavy atom. The smallest absolute Gasteiger partial charge is 0.161 e. The molecule has 4 rings (SSSR count). The number of ether oxygens (including phenoxy) is 3. The maximum atomic E-state index is 6.03. The first-order valence-electron chi connectivity index (χ1n) is 9.44. The summed E-state index contributed by atoms with van der Waals surface area (Å²) in [6.07, 6.45) is 5.04. The van der Waals surface area contributed by atoms with E-state index in [9.17, 15) is 0 Å². The van der Waals surface area contributed by atoms with Crippen molar-refractivity contribution in [3.05, 3.63) is 45.6 Å². The molecule has 0 unspecified atom stereocenters. The number of nitrogens with zero attached hydrogens (tertiary/aromatic N) is 1. The van der Waals surface area contributed by atoms with Crippen LogP contribution in [0.5, 0.6) is 11.5 Å². The van der Waals surface area contributed by atoms with Gasteiger partial charge in [-0.3, -0.25) is 4.90 Å². The van der Waals surface area contributed by atoms with Crippen molar-refractivity contribution in [3.63, 3.8) is 0 Å². The van der Waals surface area contributed by atoms with Crippen molar-refractivity contribution in [2.75, 3.05) is 33.9 Å². The molecule has 2 aromatic rings. The van der Waals surface area contributed by atoms with Crippen LogP contribution in [0.4, 0.5) is 0 Å². The monoisotopic (exact) mass is 373 g/mol. The molecule has 0 spiro atoms. The van der Waals surface area contributed by atoms with Crippen molar-refractivity contribution < 1.29 is 14.2 Å². The molecule has 0 aliphatic carbocycles. The second-order valence-corrected chi connectivity index (χ2v) is 8.04. The van der Waals surface area contributed by atoms with Gasteiger partial charge in [0.05, 0.1) is 26.4 Å². The van der Waals surface area contributed by atoms with E-state index in [0.29, 0.717) is 6.10 Å². The zero-order valence-electron chi connectivity index (χ0n) is 15.6. The summed E-state index contributed by atoms with van der Waals surface area (Å²) in [5.74, 6) is 1.63. The third-order valence-corrected chi connectivity index (χ3v) is 6.42. The standard InChI is InChI=1S/C21H27NO3S/c1-23-18-12-15-8-9-22(14-16-6-3-4-10-25-16)21(20-7-5-11-26-20)17(15)13-19(18)24-2/h5,7,11-13,16,21H,3-4,6,8-10,14H2,1-2H3/t16-,21+/m1/s1. The lowest BCUT2D eigenvalue weighted by Gasteiger charge is -2.39. The number of methoxy groups -OCH3 is 2. The third kappa shape index (κ3) is 3.48. The van der Waals surface area contributed by atoms with Crippen LogP contribution in [0.1, 0.15) is 41.3 Å². The molecule has 0 bridgehead atoms. The molecule has 2 aliphatic heterocycles. The Bertz CT molecular complexity index is 725. The molecule has 4 nitrogen and oxygen atoms in total. The first-order chi connectivity index (χ1) is 12.8. The fourth-order valence-corrected chi connectivity index (χ4v) is 5.06. The lowest BCUT2D eigenvalue weighted by Crippen LogP contribution is -2.42. The van der Waals surface area contributed by atoms with Crippen LogP contribution in [0.15, 0.2) is 29.6 Å². The van der Waals surface area contributed by atoms with E-state index in [1.165, 1.54) is 35.3 Å². The van der Waals surface area contributed by atoms with Crippen LogP contribution >= 0.6 is 11.3 Å². The summed E-state index contributed by atoms with van der Waals surface area (Å²) >= 11 is 1.83. The van der Waals surface area contributed by atoms with Crippen LogP contribution < -0.4 is 9.47 Å². The van der Waals surface area contributed by atoms with Crippen LogP contribution in [0.25, 0.3) is 0 Å². The van der Waals surface area contributed by atoms with Crippen molar-refractivity contribution in [1.29, 1.82) is 0 Å². The molecule has 0 saturated carbocycles. The Hall–Kier alpha value is -1.56.